The zero-order chi connectivity index (χ0) is 22.5. The van der Waals surface area contributed by atoms with Crippen molar-refractivity contribution in [2.45, 2.75) is 51.2 Å². The molecule has 6 heteroatoms. The third-order valence-corrected chi connectivity index (χ3v) is 5.67. The van der Waals surface area contributed by atoms with Crippen LogP contribution in [0, 0.1) is 11.8 Å². The van der Waals surface area contributed by atoms with E-state index in [4.69, 9.17) is 19.0 Å². The van der Waals surface area contributed by atoms with Gasteiger partial charge in [-0.2, -0.15) is 0 Å². The van der Waals surface area contributed by atoms with Crippen LogP contribution in [0.15, 0.2) is 59.0 Å². The largest absolute Gasteiger partial charge is 0.480 e. The van der Waals surface area contributed by atoms with E-state index in [0.29, 0.717) is 6.42 Å². The fourth-order valence-corrected chi connectivity index (χ4v) is 3.91. The lowest BCUT2D eigenvalue weighted by Crippen LogP contribution is -2.51. The SMILES string of the molecule is C[C@H](N[C@H]1CC[C@H](OCC#Cc2c(-c3ccccc3)oc3ccccc23)O[C@H]1C)C(=O)O. The molecular weight excluding hydrogens is 406 g/mol. The lowest BCUT2D eigenvalue weighted by Gasteiger charge is -2.35. The normalized spacial score (nSPS) is 21.6. The number of benzene rings is 2. The van der Waals surface area contributed by atoms with Gasteiger partial charge in [-0.3, -0.25) is 10.1 Å². The average molecular weight is 434 g/mol. The number of carbonyl (C=O) groups is 1. The molecule has 1 aliphatic rings. The molecule has 0 unspecified atom stereocenters. The first kappa shape index (κ1) is 22.1. The second-order valence-electron chi connectivity index (χ2n) is 7.96. The summed E-state index contributed by atoms with van der Waals surface area (Å²) in [4.78, 5) is 11.1. The molecule has 0 spiro atoms. The molecule has 0 aliphatic carbocycles. The Morgan fingerprint density at radius 3 is 2.69 bits per heavy atom. The van der Waals surface area contributed by atoms with Crippen LogP contribution in [0.1, 0.15) is 32.3 Å². The van der Waals surface area contributed by atoms with E-state index in [-0.39, 0.29) is 25.0 Å². The maximum absolute atomic E-state index is 11.1. The van der Waals surface area contributed by atoms with Gasteiger partial charge < -0.3 is 19.0 Å². The van der Waals surface area contributed by atoms with E-state index in [9.17, 15) is 4.79 Å². The van der Waals surface area contributed by atoms with Crippen LogP contribution in [-0.4, -0.2) is 42.2 Å². The van der Waals surface area contributed by atoms with Crippen molar-refractivity contribution in [1.29, 1.82) is 0 Å². The number of fused-ring (bicyclic) bond motifs is 1. The van der Waals surface area contributed by atoms with Gasteiger partial charge in [0.2, 0.25) is 0 Å². The summed E-state index contributed by atoms with van der Waals surface area (Å²) in [6.45, 7) is 3.79. The minimum atomic E-state index is -0.868. The smallest absolute Gasteiger partial charge is 0.320 e. The highest BCUT2D eigenvalue weighted by Crippen LogP contribution is 2.32. The highest BCUT2D eigenvalue weighted by atomic mass is 16.7. The number of carboxylic acid groups (broad SMARTS) is 1. The summed E-state index contributed by atoms with van der Waals surface area (Å²) >= 11 is 0. The lowest BCUT2D eigenvalue weighted by molar-refractivity contribution is -0.191. The zero-order valence-corrected chi connectivity index (χ0v) is 18.2. The highest BCUT2D eigenvalue weighted by molar-refractivity contribution is 5.91. The second kappa shape index (κ2) is 10.0. The van der Waals surface area contributed by atoms with Gasteiger partial charge >= 0.3 is 5.97 Å². The molecule has 1 saturated heterocycles. The monoisotopic (exact) mass is 433 g/mol. The minimum absolute atomic E-state index is 0.0160. The van der Waals surface area contributed by atoms with Crippen LogP contribution in [-0.2, 0) is 14.3 Å². The summed E-state index contributed by atoms with van der Waals surface area (Å²) in [5.74, 6) is 6.22. The number of ether oxygens (including phenoxy) is 2. The van der Waals surface area contributed by atoms with Gasteiger partial charge in [0, 0.05) is 23.4 Å². The molecule has 0 radical (unpaired) electrons. The Kier molecular flexibility index (Phi) is 6.91. The molecule has 2 heterocycles. The van der Waals surface area contributed by atoms with E-state index in [1.54, 1.807) is 6.92 Å². The summed E-state index contributed by atoms with van der Waals surface area (Å²) in [5.41, 5.74) is 2.63. The van der Waals surface area contributed by atoms with Crippen molar-refractivity contribution in [2.24, 2.45) is 0 Å². The minimum Gasteiger partial charge on any atom is -0.480 e. The van der Waals surface area contributed by atoms with Gasteiger partial charge in [-0.25, -0.2) is 0 Å². The molecule has 32 heavy (non-hydrogen) atoms. The predicted molar refractivity (Wildman–Crippen MR) is 122 cm³/mol. The zero-order valence-electron chi connectivity index (χ0n) is 18.2. The Morgan fingerprint density at radius 2 is 1.94 bits per heavy atom. The van der Waals surface area contributed by atoms with Crippen LogP contribution >= 0.6 is 0 Å². The van der Waals surface area contributed by atoms with Crippen molar-refractivity contribution >= 4 is 16.9 Å². The maximum Gasteiger partial charge on any atom is 0.320 e. The molecule has 4 rings (SSSR count). The van der Waals surface area contributed by atoms with Gasteiger partial charge in [-0.1, -0.05) is 54.3 Å². The third kappa shape index (κ3) is 5.03. The Hall–Kier alpha value is -3.11. The van der Waals surface area contributed by atoms with Crippen LogP contribution in [0.5, 0.6) is 0 Å². The quantitative estimate of drug-likeness (QED) is 0.560. The molecule has 2 aromatic carbocycles. The highest BCUT2D eigenvalue weighted by Gasteiger charge is 2.30. The molecular formula is C26H27NO5. The Morgan fingerprint density at radius 1 is 1.19 bits per heavy atom. The first-order valence-electron chi connectivity index (χ1n) is 10.8. The summed E-state index contributed by atoms with van der Waals surface area (Å²) in [5, 5.41) is 13.2. The molecule has 3 aromatic rings. The van der Waals surface area contributed by atoms with Crippen molar-refractivity contribution in [3.63, 3.8) is 0 Å². The van der Waals surface area contributed by atoms with Crippen molar-refractivity contribution in [3.8, 4) is 23.2 Å². The van der Waals surface area contributed by atoms with Gasteiger partial charge in [0.15, 0.2) is 12.1 Å². The summed E-state index contributed by atoms with van der Waals surface area (Å²) in [7, 11) is 0. The van der Waals surface area contributed by atoms with Crippen LogP contribution in [0.3, 0.4) is 0 Å². The molecule has 0 amide bonds. The number of hydrogen-bond acceptors (Lipinski definition) is 5. The number of para-hydroxylation sites is 1. The number of carboxylic acids is 1. The first-order chi connectivity index (χ1) is 15.5. The van der Waals surface area contributed by atoms with E-state index >= 15 is 0 Å². The number of nitrogens with one attached hydrogen (secondary N) is 1. The lowest BCUT2D eigenvalue weighted by atomic mass is 10.0. The van der Waals surface area contributed by atoms with Crippen LogP contribution < -0.4 is 5.32 Å². The standard InChI is InChI=1S/C26H27NO5/c1-17(26(28)29)27-22-14-15-24(31-18(22)2)30-16-8-12-21-20-11-6-7-13-23(20)32-25(21)19-9-4-3-5-10-19/h3-7,9-11,13,17-18,22,24,27H,14-16H2,1-2H3,(H,28,29)/t17-,18-,22-,24+/m0/s1. The molecule has 166 valence electrons. The van der Waals surface area contributed by atoms with Crippen LogP contribution in [0.2, 0.25) is 0 Å². The van der Waals surface area contributed by atoms with Gasteiger partial charge in [0.25, 0.3) is 0 Å². The maximum atomic E-state index is 11.1. The molecule has 4 atom stereocenters. The topological polar surface area (TPSA) is 80.9 Å². The first-order valence-corrected chi connectivity index (χ1v) is 10.8. The second-order valence-corrected chi connectivity index (χ2v) is 7.96. The predicted octanol–water partition coefficient (Wildman–Crippen LogP) is 4.42. The molecule has 0 bridgehead atoms. The van der Waals surface area contributed by atoms with Crippen LogP contribution in [0.25, 0.3) is 22.3 Å². The summed E-state index contributed by atoms with van der Waals surface area (Å²) in [6, 6.07) is 17.2. The molecule has 6 nitrogen and oxygen atoms in total. The van der Waals surface area contributed by atoms with Crippen molar-refractivity contribution in [3.05, 3.63) is 60.2 Å². The van der Waals surface area contributed by atoms with Crippen molar-refractivity contribution in [2.75, 3.05) is 6.61 Å². The average Bonchev–Trinajstić information content (AvgIpc) is 3.17. The van der Waals surface area contributed by atoms with E-state index in [2.05, 4.69) is 17.2 Å². The number of aliphatic carboxylic acids is 1. The molecule has 1 fully saturated rings. The number of furan rings is 1. The van der Waals surface area contributed by atoms with Gasteiger partial charge in [0.1, 0.15) is 18.2 Å². The Labute approximate surface area is 187 Å². The van der Waals surface area contributed by atoms with Crippen LogP contribution in [0.4, 0.5) is 0 Å². The van der Waals surface area contributed by atoms with E-state index in [1.165, 1.54) is 0 Å². The Balaban J connectivity index is 1.41. The van der Waals surface area contributed by atoms with Gasteiger partial charge in [-0.05, 0) is 32.4 Å². The molecule has 2 N–H and O–H groups in total. The summed E-state index contributed by atoms with van der Waals surface area (Å²) < 4.78 is 17.8. The van der Waals surface area contributed by atoms with Gasteiger partial charge in [0.05, 0.1) is 11.7 Å². The van der Waals surface area contributed by atoms with Crippen molar-refractivity contribution in [1.82, 2.24) is 5.32 Å². The number of rotatable bonds is 6. The van der Waals surface area contributed by atoms with Crippen molar-refractivity contribution < 1.29 is 23.8 Å². The molecule has 1 aliphatic heterocycles. The fourth-order valence-electron chi connectivity index (χ4n) is 3.91. The fraction of sp³-hybridized carbons (Fsp3) is 0.346. The Bertz CT molecular complexity index is 1130. The van der Waals surface area contributed by atoms with E-state index in [0.717, 1.165) is 34.3 Å². The van der Waals surface area contributed by atoms with Gasteiger partial charge in [-0.15, -0.1) is 0 Å². The van der Waals surface area contributed by atoms with E-state index < -0.39 is 12.0 Å². The van der Waals surface area contributed by atoms with E-state index in [1.807, 2.05) is 61.5 Å². The summed E-state index contributed by atoms with van der Waals surface area (Å²) in [6.07, 6.45) is 0.958. The number of hydrogen-bond donors (Lipinski definition) is 2. The molecule has 1 aromatic heterocycles. The third-order valence-electron chi connectivity index (χ3n) is 5.67. The molecule has 0 saturated carbocycles.